The lowest BCUT2D eigenvalue weighted by molar-refractivity contribution is -0.135. The number of hydrazone groups is 1. The first-order valence-corrected chi connectivity index (χ1v) is 6.49. The van der Waals surface area contributed by atoms with Gasteiger partial charge in [0, 0.05) is 5.02 Å². The van der Waals surface area contributed by atoms with Crippen LogP contribution in [-0.2, 0) is 9.59 Å². The van der Waals surface area contributed by atoms with E-state index >= 15 is 0 Å². The van der Waals surface area contributed by atoms with Crippen LogP contribution in [0.4, 0.5) is 0 Å². The number of hydrogen-bond donors (Lipinski definition) is 1. The van der Waals surface area contributed by atoms with Crippen LogP contribution in [0.2, 0.25) is 5.02 Å². The van der Waals surface area contributed by atoms with E-state index in [1.807, 2.05) is 0 Å². The molecule has 0 aromatic heterocycles. The number of hydrogen-bond acceptors (Lipinski definition) is 5. The molecule has 2 aliphatic heterocycles. The number of carbonyl (C=O) groups is 2. The standard InChI is InChI=1S/C11H7ClN4O2S/c12-6-3-1-2-5(4-6)7-8(17)14-11-16(9(7)18)15-10(13)19-11/h1-4,7H,(H2,13,15). The van der Waals surface area contributed by atoms with Crippen molar-refractivity contribution >= 4 is 45.5 Å². The maximum Gasteiger partial charge on any atom is 0.266 e. The molecule has 96 valence electrons. The van der Waals surface area contributed by atoms with Gasteiger partial charge >= 0.3 is 0 Å². The third-order valence-corrected chi connectivity index (χ3v) is 3.64. The summed E-state index contributed by atoms with van der Waals surface area (Å²) in [5.41, 5.74) is 6.01. The number of thioether (sulfide) groups is 1. The number of benzene rings is 1. The molecule has 1 aromatic carbocycles. The molecule has 2 N–H and O–H groups in total. The number of rotatable bonds is 1. The molecule has 0 aliphatic carbocycles. The second-order valence-corrected chi connectivity index (χ2v) is 5.33. The van der Waals surface area contributed by atoms with Crippen LogP contribution in [0.1, 0.15) is 11.5 Å². The molecule has 2 aliphatic rings. The van der Waals surface area contributed by atoms with Crippen LogP contribution in [0, 0.1) is 0 Å². The van der Waals surface area contributed by atoms with Gasteiger partial charge in [0.15, 0.2) is 5.17 Å². The molecule has 0 spiro atoms. The zero-order chi connectivity index (χ0) is 13.6. The highest BCUT2D eigenvalue weighted by molar-refractivity contribution is 8.26. The lowest BCUT2D eigenvalue weighted by Gasteiger charge is -2.22. The Morgan fingerprint density at radius 2 is 2.16 bits per heavy atom. The zero-order valence-corrected chi connectivity index (χ0v) is 11.0. The van der Waals surface area contributed by atoms with E-state index in [-0.39, 0.29) is 10.3 Å². The van der Waals surface area contributed by atoms with Gasteiger partial charge in [-0.15, -0.1) is 5.10 Å². The number of halogens is 1. The van der Waals surface area contributed by atoms with Gasteiger partial charge in [0.2, 0.25) is 5.17 Å². The Balaban J connectivity index is 2.04. The Hall–Kier alpha value is -1.86. The fourth-order valence-corrected chi connectivity index (χ4v) is 2.73. The van der Waals surface area contributed by atoms with Gasteiger partial charge < -0.3 is 5.73 Å². The van der Waals surface area contributed by atoms with Crippen LogP contribution >= 0.6 is 23.4 Å². The van der Waals surface area contributed by atoms with Crippen molar-refractivity contribution in [1.29, 1.82) is 0 Å². The minimum Gasteiger partial charge on any atom is -0.376 e. The first-order chi connectivity index (χ1) is 9.06. The summed E-state index contributed by atoms with van der Waals surface area (Å²) in [6, 6.07) is 6.56. The first-order valence-electron chi connectivity index (χ1n) is 5.30. The van der Waals surface area contributed by atoms with Crippen molar-refractivity contribution in [1.82, 2.24) is 5.01 Å². The minimum absolute atomic E-state index is 0.187. The molecule has 0 radical (unpaired) electrons. The van der Waals surface area contributed by atoms with E-state index < -0.39 is 17.7 Å². The number of amidine groups is 2. The summed E-state index contributed by atoms with van der Waals surface area (Å²) in [6.07, 6.45) is 0. The van der Waals surface area contributed by atoms with Crippen molar-refractivity contribution in [2.45, 2.75) is 5.92 Å². The monoisotopic (exact) mass is 294 g/mol. The molecule has 2 heterocycles. The highest BCUT2D eigenvalue weighted by Gasteiger charge is 2.42. The quantitative estimate of drug-likeness (QED) is 0.786. The van der Waals surface area contributed by atoms with Crippen molar-refractivity contribution < 1.29 is 9.59 Å². The maximum atomic E-state index is 12.3. The van der Waals surface area contributed by atoms with Crippen molar-refractivity contribution in [3.8, 4) is 0 Å². The Kier molecular flexibility index (Phi) is 2.79. The Morgan fingerprint density at radius 1 is 1.37 bits per heavy atom. The van der Waals surface area contributed by atoms with Gasteiger partial charge in [0.25, 0.3) is 11.8 Å². The molecule has 1 atom stereocenters. The number of nitrogens with two attached hydrogens (primary N) is 1. The number of amides is 2. The van der Waals surface area contributed by atoms with Crippen molar-refractivity contribution in [3.05, 3.63) is 34.9 Å². The van der Waals surface area contributed by atoms with E-state index in [2.05, 4.69) is 10.1 Å². The van der Waals surface area contributed by atoms with Gasteiger partial charge in [0.1, 0.15) is 5.92 Å². The van der Waals surface area contributed by atoms with E-state index in [1.54, 1.807) is 24.3 Å². The van der Waals surface area contributed by atoms with Gasteiger partial charge in [-0.2, -0.15) is 10.0 Å². The highest BCUT2D eigenvalue weighted by atomic mass is 35.5. The summed E-state index contributed by atoms with van der Waals surface area (Å²) < 4.78 is 0. The topological polar surface area (TPSA) is 88.1 Å². The van der Waals surface area contributed by atoms with Crippen LogP contribution < -0.4 is 5.73 Å². The van der Waals surface area contributed by atoms with E-state index in [1.165, 1.54) is 0 Å². The van der Waals surface area contributed by atoms with Crippen LogP contribution in [-0.4, -0.2) is 27.2 Å². The van der Waals surface area contributed by atoms with Crippen LogP contribution in [0.25, 0.3) is 0 Å². The van der Waals surface area contributed by atoms with Gasteiger partial charge in [0.05, 0.1) is 0 Å². The molecule has 6 nitrogen and oxygen atoms in total. The predicted molar refractivity (Wildman–Crippen MR) is 72.7 cm³/mol. The Morgan fingerprint density at radius 3 is 2.89 bits per heavy atom. The van der Waals surface area contributed by atoms with Crippen LogP contribution in [0.5, 0.6) is 0 Å². The SMILES string of the molecule is NC1=NN2C(=O)C(c3cccc(Cl)c3)C(=O)N=C2S1. The van der Waals surface area contributed by atoms with E-state index in [4.69, 9.17) is 17.3 Å². The van der Waals surface area contributed by atoms with Crippen LogP contribution in [0.3, 0.4) is 0 Å². The molecule has 0 saturated heterocycles. The Labute approximate surface area is 117 Å². The smallest absolute Gasteiger partial charge is 0.266 e. The minimum atomic E-state index is -1.02. The molecule has 3 rings (SSSR count). The van der Waals surface area contributed by atoms with Gasteiger partial charge in [-0.05, 0) is 29.5 Å². The zero-order valence-electron chi connectivity index (χ0n) is 9.41. The maximum absolute atomic E-state index is 12.3. The van der Waals surface area contributed by atoms with E-state index in [0.29, 0.717) is 10.6 Å². The molecule has 1 unspecified atom stereocenters. The lowest BCUT2D eigenvalue weighted by Crippen LogP contribution is -2.40. The number of aliphatic imine (C=N–C) groups is 1. The first kappa shape index (κ1) is 12.2. The predicted octanol–water partition coefficient (Wildman–Crippen LogP) is 1.12. The molecule has 0 fully saturated rings. The third kappa shape index (κ3) is 2.00. The fourth-order valence-electron chi connectivity index (χ4n) is 1.87. The summed E-state index contributed by atoms with van der Waals surface area (Å²) in [6.45, 7) is 0. The van der Waals surface area contributed by atoms with Crippen molar-refractivity contribution in [3.63, 3.8) is 0 Å². The van der Waals surface area contributed by atoms with Crippen LogP contribution in [0.15, 0.2) is 34.4 Å². The van der Waals surface area contributed by atoms with Gasteiger partial charge in [-0.3, -0.25) is 9.59 Å². The summed E-state index contributed by atoms with van der Waals surface area (Å²) >= 11 is 6.86. The highest BCUT2D eigenvalue weighted by Crippen LogP contribution is 2.31. The summed E-state index contributed by atoms with van der Waals surface area (Å²) in [5, 5.41) is 5.75. The summed E-state index contributed by atoms with van der Waals surface area (Å²) in [4.78, 5) is 28.1. The largest absolute Gasteiger partial charge is 0.376 e. The summed E-state index contributed by atoms with van der Waals surface area (Å²) in [5.74, 6) is -2.01. The van der Waals surface area contributed by atoms with Gasteiger partial charge in [-0.1, -0.05) is 23.7 Å². The average molecular weight is 295 g/mol. The summed E-state index contributed by atoms with van der Waals surface area (Å²) in [7, 11) is 0. The molecule has 1 aromatic rings. The number of nitrogens with zero attached hydrogens (tertiary/aromatic N) is 3. The van der Waals surface area contributed by atoms with Crippen molar-refractivity contribution in [2.75, 3.05) is 0 Å². The average Bonchev–Trinajstić information content (AvgIpc) is 2.70. The van der Waals surface area contributed by atoms with Crippen molar-refractivity contribution in [2.24, 2.45) is 15.8 Å². The molecule has 0 bridgehead atoms. The molecule has 2 amide bonds. The Bertz CT molecular complexity index is 658. The lowest BCUT2D eigenvalue weighted by atomic mass is 9.96. The fraction of sp³-hybridized carbons (Fsp3) is 0.0909. The third-order valence-electron chi connectivity index (χ3n) is 2.67. The molecular formula is C11H7ClN4O2S. The second-order valence-electron chi connectivity index (χ2n) is 3.91. The number of fused-ring (bicyclic) bond motifs is 1. The normalized spacial score (nSPS) is 22.2. The molecule has 8 heteroatoms. The number of carbonyl (C=O) groups excluding carboxylic acids is 2. The van der Waals surface area contributed by atoms with E-state index in [0.717, 1.165) is 16.8 Å². The molecule has 0 saturated carbocycles. The molecule has 19 heavy (non-hydrogen) atoms. The van der Waals surface area contributed by atoms with Gasteiger partial charge in [-0.25, -0.2) is 0 Å². The second kappa shape index (κ2) is 4.36. The molecular weight excluding hydrogens is 288 g/mol. The van der Waals surface area contributed by atoms with E-state index in [9.17, 15) is 9.59 Å².